The lowest BCUT2D eigenvalue weighted by Gasteiger charge is -1.95. The molecule has 0 aliphatic carbocycles. The van der Waals surface area contributed by atoms with Gasteiger partial charge in [0.2, 0.25) is 5.95 Å². The number of hydrogen-bond donors (Lipinski definition) is 1. The van der Waals surface area contributed by atoms with Crippen molar-refractivity contribution < 1.29 is 8.78 Å². The first-order valence-corrected chi connectivity index (χ1v) is 4.36. The molecule has 4 nitrogen and oxygen atoms in total. The molecular formula is C7H4F2N4S. The van der Waals surface area contributed by atoms with Crippen LogP contribution in [0, 0.1) is 11.8 Å². The van der Waals surface area contributed by atoms with E-state index in [9.17, 15) is 8.78 Å². The van der Waals surface area contributed by atoms with Crippen molar-refractivity contribution in [3.8, 4) is 11.5 Å². The van der Waals surface area contributed by atoms with Crippen LogP contribution in [0.3, 0.4) is 0 Å². The summed E-state index contributed by atoms with van der Waals surface area (Å²) in [6.07, 6.45) is 0. The molecule has 14 heavy (non-hydrogen) atoms. The van der Waals surface area contributed by atoms with Crippen molar-refractivity contribution in [3.05, 3.63) is 23.9 Å². The highest BCUT2D eigenvalue weighted by Crippen LogP contribution is 2.20. The average molecular weight is 214 g/mol. The molecule has 0 saturated heterocycles. The van der Waals surface area contributed by atoms with E-state index in [4.69, 9.17) is 5.73 Å². The molecule has 72 valence electrons. The lowest BCUT2D eigenvalue weighted by molar-refractivity contribution is 0.563. The van der Waals surface area contributed by atoms with Crippen LogP contribution in [-0.2, 0) is 0 Å². The third-order valence-corrected chi connectivity index (χ3v) is 2.01. The van der Waals surface area contributed by atoms with Gasteiger partial charge in [0.15, 0.2) is 16.8 Å². The van der Waals surface area contributed by atoms with Crippen LogP contribution in [0.2, 0.25) is 0 Å². The third kappa shape index (κ3) is 1.53. The van der Waals surface area contributed by atoms with Gasteiger partial charge in [0.25, 0.3) is 0 Å². The van der Waals surface area contributed by atoms with Gasteiger partial charge in [-0.3, -0.25) is 0 Å². The Bertz CT molecular complexity index is 470. The Morgan fingerprint density at radius 1 is 1.21 bits per heavy atom. The van der Waals surface area contributed by atoms with Crippen LogP contribution in [0.15, 0.2) is 12.1 Å². The van der Waals surface area contributed by atoms with Crippen LogP contribution >= 0.6 is 11.5 Å². The maximum atomic E-state index is 13.1. The minimum Gasteiger partial charge on any atom is -0.374 e. The van der Waals surface area contributed by atoms with E-state index in [0.29, 0.717) is 0 Å². The lowest BCUT2D eigenvalue weighted by Crippen LogP contribution is -1.94. The van der Waals surface area contributed by atoms with Gasteiger partial charge in [0.05, 0.1) is 0 Å². The summed E-state index contributed by atoms with van der Waals surface area (Å²) in [6, 6.07) is 1.89. The molecule has 0 aliphatic heterocycles. The summed E-state index contributed by atoms with van der Waals surface area (Å²) < 4.78 is 29.5. The van der Waals surface area contributed by atoms with Crippen molar-refractivity contribution >= 4 is 16.7 Å². The first-order chi connectivity index (χ1) is 6.66. The van der Waals surface area contributed by atoms with E-state index in [2.05, 4.69) is 14.3 Å². The predicted molar refractivity (Wildman–Crippen MR) is 47.5 cm³/mol. The zero-order chi connectivity index (χ0) is 10.1. The van der Waals surface area contributed by atoms with Crippen LogP contribution in [0.5, 0.6) is 0 Å². The van der Waals surface area contributed by atoms with Crippen LogP contribution in [0.1, 0.15) is 0 Å². The monoisotopic (exact) mass is 214 g/mol. The van der Waals surface area contributed by atoms with Gasteiger partial charge in [0, 0.05) is 11.5 Å². The van der Waals surface area contributed by atoms with E-state index < -0.39 is 11.8 Å². The Morgan fingerprint density at radius 2 is 2.00 bits per heavy atom. The number of aromatic nitrogens is 3. The highest BCUT2D eigenvalue weighted by Gasteiger charge is 2.12. The number of nitrogen functional groups attached to an aromatic ring is 1. The fraction of sp³-hybridized carbons (Fsp3) is 0. The SMILES string of the molecule is Nc1nc(-c2nc(F)ccc2F)ns1. The fourth-order valence-electron chi connectivity index (χ4n) is 0.907. The summed E-state index contributed by atoms with van der Waals surface area (Å²) in [5, 5.41) is 0.186. The standard InChI is InChI=1S/C7H4F2N4S/c8-3-1-2-4(9)11-5(3)6-12-7(10)14-13-6/h1-2H,(H2,10,12,13). The molecule has 0 aromatic carbocycles. The van der Waals surface area contributed by atoms with Gasteiger partial charge in [0.1, 0.15) is 5.69 Å². The van der Waals surface area contributed by atoms with Gasteiger partial charge >= 0.3 is 0 Å². The highest BCUT2D eigenvalue weighted by atomic mass is 32.1. The molecule has 2 aromatic heterocycles. The van der Waals surface area contributed by atoms with Gasteiger partial charge in [-0.25, -0.2) is 9.37 Å². The molecular weight excluding hydrogens is 210 g/mol. The van der Waals surface area contributed by atoms with Crippen molar-refractivity contribution in [3.63, 3.8) is 0 Å². The molecule has 0 aliphatic rings. The molecule has 2 aromatic rings. The normalized spacial score (nSPS) is 10.4. The summed E-state index contributed by atoms with van der Waals surface area (Å²) in [6.45, 7) is 0. The van der Waals surface area contributed by atoms with Gasteiger partial charge in [-0.15, -0.1) is 0 Å². The zero-order valence-corrected chi connectivity index (χ0v) is 7.55. The van der Waals surface area contributed by atoms with Crippen LogP contribution in [0.25, 0.3) is 11.5 Å². The topological polar surface area (TPSA) is 64.7 Å². The molecule has 2 heterocycles. The molecule has 7 heteroatoms. The molecule has 0 radical (unpaired) electrons. The number of rotatable bonds is 1. The van der Waals surface area contributed by atoms with Crippen LogP contribution in [0.4, 0.5) is 13.9 Å². The van der Waals surface area contributed by atoms with Crippen molar-refractivity contribution in [2.75, 3.05) is 5.73 Å². The number of nitrogens with zero attached hydrogens (tertiary/aromatic N) is 3. The Hall–Kier alpha value is -1.63. The molecule has 0 amide bonds. The molecule has 0 bridgehead atoms. The van der Waals surface area contributed by atoms with Crippen LogP contribution < -0.4 is 5.73 Å². The van der Waals surface area contributed by atoms with E-state index in [-0.39, 0.29) is 16.6 Å². The number of pyridine rings is 1. The second kappa shape index (κ2) is 3.26. The molecule has 0 spiro atoms. The van der Waals surface area contributed by atoms with Crippen LogP contribution in [-0.4, -0.2) is 14.3 Å². The van der Waals surface area contributed by atoms with E-state index in [1.807, 2.05) is 0 Å². The summed E-state index contributed by atoms with van der Waals surface area (Å²) in [5.41, 5.74) is 5.08. The van der Waals surface area contributed by atoms with Crippen molar-refractivity contribution in [1.82, 2.24) is 14.3 Å². The van der Waals surface area contributed by atoms with Crippen molar-refractivity contribution in [2.24, 2.45) is 0 Å². The number of anilines is 1. The van der Waals surface area contributed by atoms with E-state index in [0.717, 1.165) is 23.7 Å². The average Bonchev–Trinajstić information content (AvgIpc) is 2.56. The summed E-state index contributed by atoms with van der Waals surface area (Å²) in [4.78, 5) is 7.04. The second-order valence-electron chi connectivity index (χ2n) is 2.42. The summed E-state index contributed by atoms with van der Waals surface area (Å²) in [5.74, 6) is -1.46. The maximum absolute atomic E-state index is 13.1. The van der Waals surface area contributed by atoms with Gasteiger partial charge in [-0.05, 0) is 12.1 Å². The van der Waals surface area contributed by atoms with Gasteiger partial charge < -0.3 is 5.73 Å². The molecule has 2 rings (SSSR count). The molecule has 0 unspecified atom stereocenters. The maximum Gasteiger partial charge on any atom is 0.213 e. The first kappa shape index (κ1) is 8.95. The number of hydrogen-bond acceptors (Lipinski definition) is 5. The minimum absolute atomic E-state index is 0.00417. The largest absolute Gasteiger partial charge is 0.374 e. The Kier molecular flexibility index (Phi) is 2.08. The second-order valence-corrected chi connectivity index (χ2v) is 3.20. The number of nitrogens with two attached hydrogens (primary N) is 1. The zero-order valence-electron chi connectivity index (χ0n) is 6.74. The molecule has 2 N–H and O–H groups in total. The highest BCUT2D eigenvalue weighted by molar-refractivity contribution is 7.09. The Labute approximate surface area is 81.6 Å². The Morgan fingerprint density at radius 3 is 2.64 bits per heavy atom. The third-order valence-electron chi connectivity index (χ3n) is 1.47. The molecule has 0 fully saturated rings. The van der Waals surface area contributed by atoms with Crippen molar-refractivity contribution in [1.29, 1.82) is 0 Å². The quantitative estimate of drug-likeness (QED) is 0.730. The number of halogens is 2. The molecule has 0 saturated carbocycles. The first-order valence-electron chi connectivity index (χ1n) is 3.58. The smallest absolute Gasteiger partial charge is 0.213 e. The van der Waals surface area contributed by atoms with E-state index >= 15 is 0 Å². The predicted octanol–water partition coefficient (Wildman–Crippen LogP) is 1.46. The van der Waals surface area contributed by atoms with Crippen molar-refractivity contribution in [2.45, 2.75) is 0 Å². The van der Waals surface area contributed by atoms with E-state index in [1.165, 1.54) is 0 Å². The fourth-order valence-corrected chi connectivity index (χ4v) is 1.34. The Balaban J connectivity index is 2.55. The lowest BCUT2D eigenvalue weighted by atomic mass is 10.3. The van der Waals surface area contributed by atoms with Gasteiger partial charge in [-0.1, -0.05) is 0 Å². The minimum atomic E-state index is -0.783. The van der Waals surface area contributed by atoms with E-state index in [1.54, 1.807) is 0 Å². The molecule has 0 atom stereocenters. The summed E-state index contributed by atoms with van der Waals surface area (Å²) in [7, 11) is 0. The summed E-state index contributed by atoms with van der Waals surface area (Å²) >= 11 is 0.901. The van der Waals surface area contributed by atoms with Gasteiger partial charge in [-0.2, -0.15) is 13.7 Å².